The van der Waals surface area contributed by atoms with Crippen LogP contribution in [0.15, 0.2) is 48.5 Å². The summed E-state index contributed by atoms with van der Waals surface area (Å²) in [6, 6.07) is 13.0. The van der Waals surface area contributed by atoms with Crippen molar-refractivity contribution in [3.63, 3.8) is 0 Å². The number of hydrogen-bond acceptors (Lipinski definition) is 3. The third-order valence-corrected chi connectivity index (χ3v) is 6.87. The molecule has 34 heavy (non-hydrogen) atoms. The topological polar surface area (TPSA) is 101 Å². The Hall–Kier alpha value is -3.22. The molecule has 0 aromatic heterocycles. The van der Waals surface area contributed by atoms with Crippen LogP contribution in [0, 0.1) is 11.7 Å². The van der Waals surface area contributed by atoms with Crippen LogP contribution in [0.3, 0.4) is 0 Å². The highest BCUT2D eigenvalue weighted by Crippen LogP contribution is 2.38. The fourth-order valence-corrected chi connectivity index (χ4v) is 4.78. The van der Waals surface area contributed by atoms with Crippen LogP contribution in [0.1, 0.15) is 73.6 Å². The van der Waals surface area contributed by atoms with Gasteiger partial charge >= 0.3 is 0 Å². The van der Waals surface area contributed by atoms with Crippen LogP contribution in [-0.2, 0) is 20.8 Å². The van der Waals surface area contributed by atoms with Crippen LogP contribution in [0.2, 0.25) is 0 Å². The SMILES string of the molecule is NC(=O)C(NC(=O)[C@@H]1CCCC[C@H]1c1ccc(CCC(=O)NC2CC2)cc1)c1ccc(F)cc1. The number of nitrogens with one attached hydrogen (secondary N) is 2. The number of benzene rings is 2. The molecule has 0 spiro atoms. The van der Waals surface area contributed by atoms with E-state index in [1.165, 1.54) is 24.3 Å². The molecular weight excluding hydrogens is 433 g/mol. The molecule has 2 aromatic rings. The number of primary amides is 1. The van der Waals surface area contributed by atoms with Crippen LogP contribution < -0.4 is 16.4 Å². The monoisotopic (exact) mass is 465 g/mol. The summed E-state index contributed by atoms with van der Waals surface area (Å²) in [5.41, 5.74) is 8.19. The van der Waals surface area contributed by atoms with Gasteiger partial charge in [0.15, 0.2) is 0 Å². The van der Waals surface area contributed by atoms with Crippen LogP contribution >= 0.6 is 0 Å². The van der Waals surface area contributed by atoms with Crippen molar-refractivity contribution in [2.45, 2.75) is 69.4 Å². The van der Waals surface area contributed by atoms with Gasteiger partial charge in [0, 0.05) is 18.4 Å². The van der Waals surface area contributed by atoms with Crippen molar-refractivity contribution in [1.29, 1.82) is 0 Å². The van der Waals surface area contributed by atoms with Crippen LogP contribution in [0.4, 0.5) is 4.39 Å². The second kappa shape index (κ2) is 10.8. The highest BCUT2D eigenvalue weighted by Gasteiger charge is 2.34. The number of nitrogens with two attached hydrogens (primary N) is 1. The third-order valence-electron chi connectivity index (χ3n) is 6.87. The normalized spacial score (nSPS) is 20.9. The zero-order chi connectivity index (χ0) is 24.1. The van der Waals surface area contributed by atoms with Crippen molar-refractivity contribution < 1.29 is 18.8 Å². The van der Waals surface area contributed by atoms with Gasteiger partial charge in [0.05, 0.1) is 0 Å². The number of aryl methyl sites for hydroxylation is 1. The van der Waals surface area contributed by atoms with Gasteiger partial charge in [-0.15, -0.1) is 0 Å². The molecule has 2 saturated carbocycles. The largest absolute Gasteiger partial charge is 0.368 e. The molecule has 6 nitrogen and oxygen atoms in total. The minimum absolute atomic E-state index is 0.0442. The minimum atomic E-state index is -1.00. The first-order chi connectivity index (χ1) is 16.4. The zero-order valence-corrected chi connectivity index (χ0v) is 19.3. The molecule has 2 aromatic carbocycles. The highest BCUT2D eigenvalue weighted by molar-refractivity contribution is 5.89. The highest BCUT2D eigenvalue weighted by atomic mass is 19.1. The van der Waals surface area contributed by atoms with Crippen molar-refractivity contribution in [1.82, 2.24) is 10.6 Å². The molecule has 2 aliphatic rings. The Labute approximate surface area is 199 Å². The summed E-state index contributed by atoms with van der Waals surface area (Å²) in [6.07, 6.45) is 6.93. The Kier molecular flexibility index (Phi) is 7.60. The van der Waals surface area contributed by atoms with E-state index in [1.807, 2.05) is 12.1 Å². The molecule has 3 atom stereocenters. The lowest BCUT2D eigenvalue weighted by Gasteiger charge is -2.32. The zero-order valence-electron chi connectivity index (χ0n) is 19.3. The molecule has 7 heteroatoms. The van der Waals surface area contributed by atoms with Crippen LogP contribution in [0.25, 0.3) is 0 Å². The summed E-state index contributed by atoms with van der Waals surface area (Å²) in [4.78, 5) is 37.2. The number of carbonyl (C=O) groups is 3. The molecule has 3 amide bonds. The summed E-state index contributed by atoms with van der Waals surface area (Å²) in [6.45, 7) is 0. The maximum absolute atomic E-state index is 13.3. The Morgan fingerprint density at radius 3 is 2.26 bits per heavy atom. The standard InChI is InChI=1S/C27H32FN3O3/c28-20-12-10-19(11-13-20)25(26(29)33)31-27(34)23-4-2-1-3-22(23)18-8-5-17(6-9-18)7-16-24(32)30-21-14-15-21/h5-6,8-13,21-23,25H,1-4,7,14-16H2,(H2,29,33)(H,30,32)(H,31,34)/t22-,23+,25?/m0/s1. The van der Waals surface area contributed by atoms with E-state index in [4.69, 9.17) is 5.73 Å². The average molecular weight is 466 g/mol. The molecule has 2 aliphatic carbocycles. The quantitative estimate of drug-likeness (QED) is 0.527. The summed E-state index contributed by atoms with van der Waals surface area (Å²) >= 11 is 0. The van der Waals surface area contributed by atoms with Crippen molar-refractivity contribution >= 4 is 17.7 Å². The van der Waals surface area contributed by atoms with Crippen molar-refractivity contribution in [3.05, 3.63) is 71.0 Å². The van der Waals surface area contributed by atoms with E-state index in [0.717, 1.165) is 49.7 Å². The van der Waals surface area contributed by atoms with Crippen molar-refractivity contribution in [2.75, 3.05) is 0 Å². The number of carbonyl (C=O) groups excluding carboxylic acids is 3. The smallest absolute Gasteiger partial charge is 0.244 e. The fraction of sp³-hybridized carbons (Fsp3) is 0.444. The first-order valence-electron chi connectivity index (χ1n) is 12.1. The predicted octanol–water partition coefficient (Wildman–Crippen LogP) is 3.65. The van der Waals surface area contributed by atoms with Gasteiger partial charge in [-0.2, -0.15) is 0 Å². The van der Waals surface area contributed by atoms with E-state index in [2.05, 4.69) is 22.8 Å². The van der Waals surface area contributed by atoms with Gasteiger partial charge in [-0.1, -0.05) is 49.2 Å². The Morgan fingerprint density at radius 1 is 0.941 bits per heavy atom. The van der Waals surface area contributed by atoms with Gasteiger partial charge in [-0.3, -0.25) is 14.4 Å². The van der Waals surface area contributed by atoms with Gasteiger partial charge < -0.3 is 16.4 Å². The minimum Gasteiger partial charge on any atom is -0.368 e. The maximum atomic E-state index is 13.3. The average Bonchev–Trinajstić information content (AvgIpc) is 3.66. The molecule has 0 saturated heterocycles. The van der Waals surface area contributed by atoms with Gasteiger partial charge in [0.1, 0.15) is 11.9 Å². The fourth-order valence-electron chi connectivity index (χ4n) is 4.78. The Balaban J connectivity index is 1.40. The maximum Gasteiger partial charge on any atom is 0.244 e. The van der Waals surface area contributed by atoms with Gasteiger partial charge in [0.25, 0.3) is 0 Å². The first kappa shape index (κ1) is 23.9. The molecule has 4 rings (SSSR count). The van der Waals surface area contributed by atoms with E-state index in [1.54, 1.807) is 0 Å². The second-order valence-corrected chi connectivity index (χ2v) is 9.48. The summed E-state index contributed by atoms with van der Waals surface area (Å²) in [5.74, 6) is -1.44. The van der Waals surface area contributed by atoms with Gasteiger partial charge in [-0.25, -0.2) is 4.39 Å². The number of halogens is 1. The van der Waals surface area contributed by atoms with Crippen molar-refractivity contribution in [2.24, 2.45) is 11.7 Å². The first-order valence-corrected chi connectivity index (χ1v) is 12.1. The molecule has 1 unspecified atom stereocenters. The number of amides is 3. The molecule has 180 valence electrons. The summed E-state index contributed by atoms with van der Waals surface area (Å²) in [7, 11) is 0. The molecule has 2 fully saturated rings. The number of hydrogen-bond donors (Lipinski definition) is 3. The summed E-state index contributed by atoms with van der Waals surface area (Å²) < 4.78 is 13.3. The molecule has 0 bridgehead atoms. The van der Waals surface area contributed by atoms with E-state index in [9.17, 15) is 18.8 Å². The molecule has 0 aliphatic heterocycles. The van der Waals surface area contributed by atoms with Crippen molar-refractivity contribution in [3.8, 4) is 0 Å². The van der Waals surface area contributed by atoms with Crippen LogP contribution in [-0.4, -0.2) is 23.8 Å². The van der Waals surface area contributed by atoms with Crippen LogP contribution in [0.5, 0.6) is 0 Å². The summed E-state index contributed by atoms with van der Waals surface area (Å²) in [5, 5.41) is 5.81. The Morgan fingerprint density at radius 2 is 1.62 bits per heavy atom. The van der Waals surface area contributed by atoms with E-state index in [0.29, 0.717) is 24.4 Å². The molecule has 0 radical (unpaired) electrons. The predicted molar refractivity (Wildman–Crippen MR) is 127 cm³/mol. The Bertz CT molecular complexity index is 1020. The lowest BCUT2D eigenvalue weighted by molar-refractivity contribution is -0.131. The molecule has 0 heterocycles. The van der Waals surface area contributed by atoms with E-state index in [-0.39, 0.29) is 23.7 Å². The number of rotatable bonds is 9. The second-order valence-electron chi connectivity index (χ2n) is 9.48. The van der Waals surface area contributed by atoms with Gasteiger partial charge in [-0.05, 0) is 66.8 Å². The lowest BCUT2D eigenvalue weighted by atomic mass is 9.74. The van der Waals surface area contributed by atoms with E-state index < -0.39 is 17.8 Å². The van der Waals surface area contributed by atoms with Gasteiger partial charge in [0.2, 0.25) is 17.7 Å². The third kappa shape index (κ3) is 6.22. The van der Waals surface area contributed by atoms with E-state index >= 15 is 0 Å². The molecule has 4 N–H and O–H groups in total. The molecular formula is C27H32FN3O3. The lowest BCUT2D eigenvalue weighted by Crippen LogP contribution is -2.42.